The molecule has 0 saturated heterocycles. The second-order valence-corrected chi connectivity index (χ2v) is 9.02. The zero-order valence-corrected chi connectivity index (χ0v) is 18.1. The molecule has 1 atom stereocenters. The highest BCUT2D eigenvalue weighted by Gasteiger charge is 2.41. The Bertz CT molecular complexity index is 865. The van der Waals surface area contributed by atoms with Crippen molar-refractivity contribution in [1.82, 2.24) is 4.90 Å². The van der Waals surface area contributed by atoms with E-state index in [0.29, 0.717) is 42.6 Å². The van der Waals surface area contributed by atoms with Gasteiger partial charge in [0.15, 0.2) is 0 Å². The van der Waals surface area contributed by atoms with Gasteiger partial charge in [-0.1, -0.05) is 39.3 Å². The summed E-state index contributed by atoms with van der Waals surface area (Å²) in [6, 6.07) is 6.74. The van der Waals surface area contributed by atoms with Gasteiger partial charge in [-0.2, -0.15) is 0 Å². The molecule has 0 aromatic heterocycles. The number of hydrogen-bond acceptors (Lipinski definition) is 5. The SMILES string of the molecule is CCCCN=C1CC(C)(C)CC(=O)C1C(=O)CCCN1C(=O)c2ccccc2C1=O. The molecule has 3 rings (SSSR count). The smallest absolute Gasteiger partial charge is 0.261 e. The highest BCUT2D eigenvalue weighted by molar-refractivity contribution is 6.23. The van der Waals surface area contributed by atoms with Crippen molar-refractivity contribution < 1.29 is 19.2 Å². The van der Waals surface area contributed by atoms with E-state index < -0.39 is 5.92 Å². The molecule has 6 heteroatoms. The van der Waals surface area contributed by atoms with Crippen LogP contribution >= 0.6 is 0 Å². The largest absolute Gasteiger partial charge is 0.298 e. The predicted octanol–water partition coefficient (Wildman–Crippen LogP) is 3.88. The van der Waals surface area contributed by atoms with E-state index in [1.165, 1.54) is 4.90 Å². The molecule has 1 aliphatic heterocycles. The quantitative estimate of drug-likeness (QED) is 0.370. The fourth-order valence-corrected chi connectivity index (χ4v) is 4.31. The zero-order chi connectivity index (χ0) is 21.9. The summed E-state index contributed by atoms with van der Waals surface area (Å²) in [4.78, 5) is 56.4. The third kappa shape index (κ3) is 4.58. The Labute approximate surface area is 177 Å². The third-order valence-electron chi connectivity index (χ3n) is 5.80. The number of benzene rings is 1. The summed E-state index contributed by atoms with van der Waals surface area (Å²) < 4.78 is 0. The standard InChI is InChI=1S/C24H30N2O4/c1-4-5-12-25-18-14-24(2,3)15-20(28)21(18)19(27)11-8-13-26-22(29)16-9-6-7-10-17(16)23(26)30/h6-7,9-10,21H,4-5,8,11-15H2,1-3H3. The average molecular weight is 411 g/mol. The molecular formula is C24H30N2O4. The van der Waals surface area contributed by atoms with Crippen LogP contribution in [0.15, 0.2) is 29.3 Å². The average Bonchev–Trinajstić information content (AvgIpc) is 2.92. The maximum Gasteiger partial charge on any atom is 0.261 e. The van der Waals surface area contributed by atoms with E-state index in [-0.39, 0.29) is 41.8 Å². The molecule has 2 aliphatic rings. The molecule has 1 heterocycles. The van der Waals surface area contributed by atoms with Crippen molar-refractivity contribution in [2.45, 2.75) is 59.3 Å². The summed E-state index contributed by atoms with van der Waals surface area (Å²) in [6.45, 7) is 6.95. The van der Waals surface area contributed by atoms with Crippen LogP contribution in [-0.2, 0) is 9.59 Å². The number of aliphatic imine (C=N–C) groups is 1. The van der Waals surface area contributed by atoms with E-state index in [2.05, 4.69) is 11.9 Å². The van der Waals surface area contributed by atoms with Gasteiger partial charge < -0.3 is 0 Å². The van der Waals surface area contributed by atoms with Crippen molar-refractivity contribution in [3.8, 4) is 0 Å². The molecule has 0 bridgehead atoms. The molecule has 0 radical (unpaired) electrons. The summed E-state index contributed by atoms with van der Waals surface area (Å²) in [5, 5.41) is 0. The molecule has 30 heavy (non-hydrogen) atoms. The van der Waals surface area contributed by atoms with Crippen LogP contribution in [0.4, 0.5) is 0 Å². The minimum absolute atomic E-state index is 0.0628. The maximum absolute atomic E-state index is 12.9. The van der Waals surface area contributed by atoms with Crippen molar-refractivity contribution in [2.24, 2.45) is 16.3 Å². The van der Waals surface area contributed by atoms with E-state index in [9.17, 15) is 19.2 Å². The highest BCUT2D eigenvalue weighted by Crippen LogP contribution is 2.35. The summed E-state index contributed by atoms with van der Waals surface area (Å²) in [6.07, 6.45) is 3.45. The van der Waals surface area contributed by atoms with Crippen LogP contribution in [0.25, 0.3) is 0 Å². The first-order valence-corrected chi connectivity index (χ1v) is 10.8. The van der Waals surface area contributed by atoms with Crippen LogP contribution in [-0.4, -0.2) is 47.1 Å². The molecular weight excluding hydrogens is 380 g/mol. The lowest BCUT2D eigenvalue weighted by molar-refractivity contribution is -0.132. The lowest BCUT2D eigenvalue weighted by Gasteiger charge is -2.34. The lowest BCUT2D eigenvalue weighted by atomic mass is 9.69. The van der Waals surface area contributed by atoms with Gasteiger partial charge in [-0.25, -0.2) is 0 Å². The Kier molecular flexibility index (Phi) is 6.64. The number of carbonyl (C=O) groups is 4. The number of Topliss-reactive ketones (excluding diaryl/α,β-unsaturated/α-hetero) is 2. The first-order chi connectivity index (χ1) is 14.2. The number of imide groups is 1. The third-order valence-corrected chi connectivity index (χ3v) is 5.80. The van der Waals surface area contributed by atoms with E-state index in [1.54, 1.807) is 24.3 Å². The minimum atomic E-state index is -0.767. The van der Waals surface area contributed by atoms with Gasteiger partial charge in [0.05, 0.1) is 11.1 Å². The molecule has 1 aromatic rings. The maximum atomic E-state index is 12.9. The summed E-state index contributed by atoms with van der Waals surface area (Å²) in [7, 11) is 0. The van der Waals surface area contributed by atoms with Gasteiger partial charge in [-0.3, -0.25) is 29.1 Å². The second kappa shape index (κ2) is 9.02. The molecule has 1 fully saturated rings. The molecule has 1 aromatic carbocycles. The summed E-state index contributed by atoms with van der Waals surface area (Å²) >= 11 is 0. The Hall–Kier alpha value is -2.63. The molecule has 0 N–H and O–H groups in total. The van der Waals surface area contributed by atoms with E-state index in [4.69, 9.17) is 0 Å². The topological polar surface area (TPSA) is 83.9 Å². The van der Waals surface area contributed by atoms with Crippen LogP contribution in [0.1, 0.15) is 80.0 Å². The van der Waals surface area contributed by atoms with E-state index in [1.807, 2.05) is 13.8 Å². The number of nitrogens with zero attached hydrogens (tertiary/aromatic N) is 2. The molecule has 2 amide bonds. The fourth-order valence-electron chi connectivity index (χ4n) is 4.31. The first-order valence-electron chi connectivity index (χ1n) is 10.8. The summed E-state index contributed by atoms with van der Waals surface area (Å²) in [5.41, 5.74) is 1.34. The van der Waals surface area contributed by atoms with Crippen molar-refractivity contribution >= 4 is 29.1 Å². The Morgan fingerprint density at radius 2 is 1.70 bits per heavy atom. The van der Waals surface area contributed by atoms with Crippen LogP contribution in [0.3, 0.4) is 0 Å². The van der Waals surface area contributed by atoms with Gasteiger partial charge in [-0.05, 0) is 36.8 Å². The second-order valence-electron chi connectivity index (χ2n) is 9.02. The molecule has 1 unspecified atom stereocenters. The van der Waals surface area contributed by atoms with E-state index in [0.717, 1.165) is 12.8 Å². The Morgan fingerprint density at radius 1 is 1.07 bits per heavy atom. The number of rotatable bonds is 8. The number of carbonyl (C=O) groups excluding carboxylic acids is 4. The Morgan fingerprint density at radius 3 is 2.30 bits per heavy atom. The number of unbranched alkanes of at least 4 members (excludes halogenated alkanes) is 1. The molecule has 1 saturated carbocycles. The van der Waals surface area contributed by atoms with Crippen LogP contribution in [0.2, 0.25) is 0 Å². The zero-order valence-electron chi connectivity index (χ0n) is 18.1. The molecule has 160 valence electrons. The molecule has 1 aliphatic carbocycles. The summed E-state index contributed by atoms with van der Waals surface area (Å²) in [5.74, 6) is -1.62. The predicted molar refractivity (Wildman–Crippen MR) is 115 cm³/mol. The number of ketones is 2. The molecule has 0 spiro atoms. The Balaban J connectivity index is 1.63. The number of fused-ring (bicyclic) bond motifs is 1. The van der Waals surface area contributed by atoms with Gasteiger partial charge in [0.2, 0.25) is 0 Å². The van der Waals surface area contributed by atoms with Crippen molar-refractivity contribution in [2.75, 3.05) is 13.1 Å². The van der Waals surface area contributed by atoms with Crippen molar-refractivity contribution in [1.29, 1.82) is 0 Å². The minimum Gasteiger partial charge on any atom is -0.298 e. The number of amides is 2. The highest BCUT2D eigenvalue weighted by atomic mass is 16.2. The monoisotopic (exact) mass is 410 g/mol. The fraction of sp³-hybridized carbons (Fsp3) is 0.542. The molecule has 6 nitrogen and oxygen atoms in total. The van der Waals surface area contributed by atoms with Gasteiger partial charge >= 0.3 is 0 Å². The number of hydrogen-bond donors (Lipinski definition) is 0. The lowest BCUT2D eigenvalue weighted by Crippen LogP contribution is -2.42. The van der Waals surface area contributed by atoms with Gasteiger partial charge in [0.1, 0.15) is 17.5 Å². The van der Waals surface area contributed by atoms with Gasteiger partial charge in [0, 0.05) is 31.6 Å². The van der Waals surface area contributed by atoms with Crippen molar-refractivity contribution in [3.63, 3.8) is 0 Å². The van der Waals surface area contributed by atoms with Gasteiger partial charge in [0.25, 0.3) is 11.8 Å². The van der Waals surface area contributed by atoms with Gasteiger partial charge in [-0.15, -0.1) is 0 Å². The van der Waals surface area contributed by atoms with Crippen LogP contribution < -0.4 is 0 Å². The van der Waals surface area contributed by atoms with Crippen LogP contribution in [0, 0.1) is 11.3 Å². The van der Waals surface area contributed by atoms with Crippen molar-refractivity contribution in [3.05, 3.63) is 35.4 Å². The normalized spacial score (nSPS) is 22.0. The van der Waals surface area contributed by atoms with Crippen LogP contribution in [0.5, 0.6) is 0 Å². The first kappa shape index (κ1) is 22.1. The van der Waals surface area contributed by atoms with E-state index >= 15 is 0 Å².